The third-order valence-corrected chi connectivity index (χ3v) is 4.90. The summed E-state index contributed by atoms with van der Waals surface area (Å²) < 4.78 is 0. The van der Waals surface area contributed by atoms with E-state index in [2.05, 4.69) is 15.5 Å². The van der Waals surface area contributed by atoms with Crippen LogP contribution in [0.3, 0.4) is 0 Å². The summed E-state index contributed by atoms with van der Waals surface area (Å²) in [5.74, 6) is 0.267. The second-order valence-corrected chi connectivity index (χ2v) is 6.76. The van der Waals surface area contributed by atoms with E-state index in [-0.39, 0.29) is 19.1 Å². The molecule has 0 atom stereocenters. The van der Waals surface area contributed by atoms with Crippen LogP contribution in [0.2, 0.25) is 0 Å². The van der Waals surface area contributed by atoms with Gasteiger partial charge in [-0.2, -0.15) is 5.10 Å². The lowest BCUT2D eigenvalue weighted by atomic mass is 10.0. The van der Waals surface area contributed by atoms with Crippen molar-refractivity contribution in [2.45, 2.75) is 33.2 Å². The Balaban J connectivity index is 1.85. The van der Waals surface area contributed by atoms with Gasteiger partial charge in [0.1, 0.15) is 0 Å². The first kappa shape index (κ1) is 17.8. The minimum Gasteiger partial charge on any atom is -0.395 e. The molecule has 0 unspecified atom stereocenters. The Kier molecular flexibility index (Phi) is 5.36. The first-order valence-corrected chi connectivity index (χ1v) is 8.77. The largest absolute Gasteiger partial charge is 0.395 e. The van der Waals surface area contributed by atoms with Crippen molar-refractivity contribution in [1.29, 1.82) is 0 Å². The Morgan fingerprint density at radius 2 is 1.92 bits per heavy atom. The fourth-order valence-corrected chi connectivity index (χ4v) is 3.27. The molecule has 0 spiro atoms. The summed E-state index contributed by atoms with van der Waals surface area (Å²) in [6, 6.07) is 0. The predicted molar refractivity (Wildman–Crippen MR) is 96.0 cm³/mol. The van der Waals surface area contributed by atoms with Gasteiger partial charge in [-0.25, -0.2) is 5.43 Å². The van der Waals surface area contributed by atoms with Crippen LogP contribution in [0.4, 0.5) is 0 Å². The third kappa shape index (κ3) is 3.84. The van der Waals surface area contributed by atoms with Crippen molar-refractivity contribution >= 4 is 17.7 Å². The lowest BCUT2D eigenvalue weighted by Gasteiger charge is -2.20. The molecule has 1 aliphatic carbocycles. The quantitative estimate of drug-likeness (QED) is 0.521. The molecular weight excluding hydrogens is 320 g/mol. The van der Waals surface area contributed by atoms with Crippen LogP contribution in [0.5, 0.6) is 0 Å². The summed E-state index contributed by atoms with van der Waals surface area (Å²) in [6.07, 6.45) is 4.08. The van der Waals surface area contributed by atoms with Gasteiger partial charge in [0, 0.05) is 36.9 Å². The number of rotatable bonds is 8. The number of aryl methyl sites for hydroxylation is 1. The summed E-state index contributed by atoms with van der Waals surface area (Å²) >= 11 is 0. The minimum absolute atomic E-state index is 0.0564. The molecule has 1 amide bonds. The number of nitrogens with one attached hydrogen (secondary N) is 2. The monoisotopic (exact) mass is 346 g/mol. The molecule has 0 aromatic carbocycles. The smallest absolute Gasteiger partial charge is 0.273 e. The van der Waals surface area contributed by atoms with E-state index in [0.717, 1.165) is 41.1 Å². The Hall–Kier alpha value is -1.96. The van der Waals surface area contributed by atoms with Crippen LogP contribution in [-0.2, 0) is 11.3 Å². The van der Waals surface area contributed by atoms with E-state index in [1.165, 1.54) is 0 Å². The van der Waals surface area contributed by atoms with Crippen LogP contribution in [0.1, 0.15) is 35.4 Å². The number of nitrogens with zero attached hydrogens (tertiary/aromatic N) is 2. The molecule has 1 aromatic heterocycles. The molecule has 0 saturated heterocycles. The van der Waals surface area contributed by atoms with Gasteiger partial charge in [0.15, 0.2) is 0 Å². The third-order valence-electron chi connectivity index (χ3n) is 4.90. The first-order chi connectivity index (χ1) is 12.0. The van der Waals surface area contributed by atoms with E-state index < -0.39 is 0 Å². The number of carbonyl (C=O) groups excluding carboxylic acids is 1. The molecule has 1 aliphatic heterocycles. The van der Waals surface area contributed by atoms with E-state index in [1.54, 1.807) is 0 Å². The zero-order valence-corrected chi connectivity index (χ0v) is 14.8. The highest BCUT2D eigenvalue weighted by atomic mass is 16.3. The van der Waals surface area contributed by atoms with E-state index in [1.807, 2.05) is 24.8 Å². The molecule has 7 heteroatoms. The van der Waals surface area contributed by atoms with Gasteiger partial charge in [-0.05, 0) is 43.9 Å². The number of hydrogen-bond donors (Lipinski definition) is 4. The molecule has 1 fully saturated rings. The van der Waals surface area contributed by atoms with Gasteiger partial charge < -0.3 is 15.2 Å². The second-order valence-electron chi connectivity index (χ2n) is 6.76. The predicted octanol–water partition coefficient (Wildman–Crippen LogP) is 0.697. The van der Waals surface area contributed by atoms with Crippen molar-refractivity contribution in [2.24, 2.45) is 11.0 Å². The number of hydrogen-bond acceptors (Lipinski definition) is 5. The molecule has 4 N–H and O–H groups in total. The number of carbonyl (C=O) groups is 1. The minimum atomic E-state index is -0.141. The van der Waals surface area contributed by atoms with Crippen molar-refractivity contribution in [1.82, 2.24) is 15.3 Å². The molecule has 136 valence electrons. The molecule has 0 radical (unpaired) electrons. The molecule has 0 bridgehead atoms. The van der Waals surface area contributed by atoms with Gasteiger partial charge >= 0.3 is 0 Å². The zero-order valence-electron chi connectivity index (χ0n) is 14.8. The van der Waals surface area contributed by atoms with Gasteiger partial charge in [0.05, 0.1) is 24.5 Å². The highest BCUT2D eigenvalue weighted by Gasteiger charge is 2.36. The average molecular weight is 346 g/mol. The van der Waals surface area contributed by atoms with Crippen LogP contribution in [0.25, 0.3) is 6.08 Å². The topological polar surface area (TPSA) is 101 Å². The highest BCUT2D eigenvalue weighted by molar-refractivity contribution is 6.28. The maximum atomic E-state index is 12.1. The van der Waals surface area contributed by atoms with Crippen LogP contribution in [0, 0.1) is 19.8 Å². The van der Waals surface area contributed by atoms with Crippen molar-refractivity contribution in [3.05, 3.63) is 28.1 Å². The molecule has 2 aliphatic rings. The highest BCUT2D eigenvalue weighted by Crippen LogP contribution is 2.35. The molecule has 1 saturated carbocycles. The van der Waals surface area contributed by atoms with E-state index >= 15 is 0 Å². The first-order valence-electron chi connectivity index (χ1n) is 8.77. The molecule has 3 rings (SSSR count). The van der Waals surface area contributed by atoms with Crippen molar-refractivity contribution in [2.75, 3.05) is 26.3 Å². The number of aromatic nitrogens is 1. The Morgan fingerprint density at radius 1 is 1.24 bits per heavy atom. The van der Waals surface area contributed by atoms with E-state index in [0.29, 0.717) is 31.1 Å². The van der Waals surface area contributed by atoms with Crippen LogP contribution < -0.4 is 5.43 Å². The van der Waals surface area contributed by atoms with Gasteiger partial charge in [-0.3, -0.25) is 9.69 Å². The maximum absolute atomic E-state index is 12.1. The lowest BCUT2D eigenvalue weighted by molar-refractivity contribution is -0.116. The van der Waals surface area contributed by atoms with Crippen molar-refractivity contribution in [3.63, 3.8) is 0 Å². The normalized spacial score (nSPS) is 19.0. The van der Waals surface area contributed by atoms with Gasteiger partial charge in [-0.1, -0.05) is 0 Å². The maximum Gasteiger partial charge on any atom is 0.273 e. The van der Waals surface area contributed by atoms with Gasteiger partial charge in [-0.15, -0.1) is 0 Å². The summed E-state index contributed by atoms with van der Waals surface area (Å²) in [7, 11) is 0. The van der Waals surface area contributed by atoms with Gasteiger partial charge in [0.25, 0.3) is 5.91 Å². The molecule has 25 heavy (non-hydrogen) atoms. The van der Waals surface area contributed by atoms with Crippen LogP contribution in [-0.4, -0.2) is 58.0 Å². The van der Waals surface area contributed by atoms with Crippen molar-refractivity contribution < 1.29 is 15.0 Å². The van der Waals surface area contributed by atoms with Crippen LogP contribution in [0.15, 0.2) is 10.7 Å². The van der Waals surface area contributed by atoms with E-state index in [4.69, 9.17) is 0 Å². The number of H-pyrrole nitrogens is 1. The number of aliphatic hydroxyl groups excluding tert-OH is 2. The zero-order chi connectivity index (χ0) is 18.0. The fourth-order valence-electron chi connectivity index (χ4n) is 3.27. The second kappa shape index (κ2) is 7.51. The van der Waals surface area contributed by atoms with Crippen molar-refractivity contribution in [3.8, 4) is 0 Å². The Bertz CT molecular complexity index is 710. The molecule has 2 heterocycles. The van der Waals surface area contributed by atoms with Crippen LogP contribution >= 0.6 is 0 Å². The summed E-state index contributed by atoms with van der Waals surface area (Å²) in [5, 5.41) is 22.6. The SMILES string of the molecule is Cc1[nH]c(/C=C2\C(=O)NN=C2C2CC2)c(C)c1CN(CCO)CCO. The Labute approximate surface area is 147 Å². The number of hydrazone groups is 1. The lowest BCUT2D eigenvalue weighted by Crippen LogP contribution is -2.29. The molecule has 1 aromatic rings. The Morgan fingerprint density at radius 3 is 2.52 bits per heavy atom. The number of aliphatic hydroxyl groups is 2. The van der Waals surface area contributed by atoms with Gasteiger partial charge in [0.2, 0.25) is 0 Å². The number of aromatic amines is 1. The summed E-state index contributed by atoms with van der Waals surface area (Å²) in [4.78, 5) is 17.5. The summed E-state index contributed by atoms with van der Waals surface area (Å²) in [5.41, 5.74) is 8.27. The molecular formula is C18H26N4O3. The summed E-state index contributed by atoms with van der Waals surface area (Å²) in [6.45, 7) is 5.83. The standard InChI is InChI=1S/C18H26N4O3/c1-11-15(10-22(5-7-23)6-8-24)12(2)19-16(11)9-14-17(13-3-4-13)20-21-18(14)25/h9,13,19,23-24H,3-8,10H2,1-2H3,(H,21,25)/b14-9-. The number of amides is 1. The average Bonchev–Trinajstić information content (AvgIpc) is 3.31. The fraction of sp³-hybridized carbons (Fsp3) is 0.556. The molecule has 7 nitrogen and oxygen atoms in total. The van der Waals surface area contributed by atoms with E-state index in [9.17, 15) is 15.0 Å².